The molecule has 1 spiro atoms. The molecule has 3 aliphatic rings. The number of hydrogen-bond acceptors (Lipinski definition) is 2. The lowest BCUT2D eigenvalue weighted by atomic mass is 9.75. The van der Waals surface area contributed by atoms with Gasteiger partial charge in [-0.25, -0.2) is 4.39 Å². The molecule has 4 heteroatoms. The molecule has 6 rings (SSSR count). The Morgan fingerprint density at radius 3 is 2.48 bits per heavy atom. The maximum absolute atomic E-state index is 13.8. The number of hydrogen-bond donors (Lipinski definition) is 1. The first-order valence-electron chi connectivity index (χ1n) is 11.6. The largest absolute Gasteiger partial charge is 0.326 e. The lowest BCUT2D eigenvalue weighted by Crippen LogP contribution is -2.22. The van der Waals surface area contributed by atoms with E-state index in [1.165, 1.54) is 30.0 Å². The summed E-state index contributed by atoms with van der Waals surface area (Å²) in [7, 11) is 0. The molecule has 31 heavy (non-hydrogen) atoms. The highest BCUT2D eigenvalue weighted by atomic mass is 19.1. The highest BCUT2D eigenvalue weighted by Crippen LogP contribution is 2.63. The lowest BCUT2D eigenvalue weighted by molar-refractivity contribution is -0.118. The van der Waals surface area contributed by atoms with Gasteiger partial charge in [0.25, 0.3) is 0 Å². The molecule has 1 amide bonds. The molecule has 3 aromatic rings. The number of rotatable bonds is 4. The SMILES string of the molecule is O=C(Nc1ccc(C2CC2)cc1)[C@H]1CC12CCC(c1ccnc3ccc(F)cc13)CC2. The van der Waals surface area contributed by atoms with Crippen molar-refractivity contribution in [3.8, 4) is 0 Å². The molecule has 0 unspecified atom stereocenters. The summed E-state index contributed by atoms with van der Waals surface area (Å²) in [5, 5.41) is 4.08. The van der Waals surface area contributed by atoms with Crippen molar-refractivity contribution in [1.82, 2.24) is 4.98 Å². The summed E-state index contributed by atoms with van der Waals surface area (Å²) >= 11 is 0. The predicted octanol–water partition coefficient (Wildman–Crippen LogP) is 6.55. The quantitative estimate of drug-likeness (QED) is 0.526. The maximum Gasteiger partial charge on any atom is 0.228 e. The molecule has 0 radical (unpaired) electrons. The minimum absolute atomic E-state index is 0.128. The van der Waals surface area contributed by atoms with Gasteiger partial charge in [0, 0.05) is 23.2 Å². The normalized spacial score (nSPS) is 27.4. The van der Waals surface area contributed by atoms with Crippen molar-refractivity contribution in [2.75, 3.05) is 5.32 Å². The van der Waals surface area contributed by atoms with Crippen molar-refractivity contribution in [3.63, 3.8) is 0 Å². The average molecular weight is 415 g/mol. The fraction of sp³-hybridized carbons (Fsp3) is 0.407. The van der Waals surface area contributed by atoms with Gasteiger partial charge in [-0.15, -0.1) is 0 Å². The molecule has 0 saturated heterocycles. The summed E-state index contributed by atoms with van der Waals surface area (Å²) in [5.74, 6) is 1.24. The number of fused-ring (bicyclic) bond motifs is 1. The zero-order valence-electron chi connectivity index (χ0n) is 17.6. The Hall–Kier alpha value is -2.75. The smallest absolute Gasteiger partial charge is 0.228 e. The molecule has 2 aromatic carbocycles. The Balaban J connectivity index is 1.11. The van der Waals surface area contributed by atoms with Crippen LogP contribution in [0.15, 0.2) is 54.7 Å². The van der Waals surface area contributed by atoms with Crippen LogP contribution < -0.4 is 5.32 Å². The van der Waals surface area contributed by atoms with Gasteiger partial charge in [0.05, 0.1) is 5.52 Å². The highest BCUT2D eigenvalue weighted by Gasteiger charge is 2.58. The van der Waals surface area contributed by atoms with Crippen LogP contribution in [0.1, 0.15) is 67.9 Å². The Bertz CT molecular complexity index is 1140. The minimum atomic E-state index is -0.210. The van der Waals surface area contributed by atoms with Gasteiger partial charge >= 0.3 is 0 Å². The number of carbonyl (C=O) groups is 1. The molecule has 158 valence electrons. The molecule has 1 N–H and O–H groups in total. The Morgan fingerprint density at radius 1 is 0.968 bits per heavy atom. The van der Waals surface area contributed by atoms with Crippen molar-refractivity contribution in [1.29, 1.82) is 0 Å². The van der Waals surface area contributed by atoms with Crippen LogP contribution in [0.4, 0.5) is 10.1 Å². The molecule has 0 aliphatic heterocycles. The van der Waals surface area contributed by atoms with Gasteiger partial charge in [0.15, 0.2) is 0 Å². The Labute approximate surface area is 182 Å². The zero-order chi connectivity index (χ0) is 21.0. The number of nitrogens with zero attached hydrogens (tertiary/aromatic N) is 1. The first-order chi connectivity index (χ1) is 15.1. The van der Waals surface area contributed by atoms with Crippen LogP contribution in [-0.4, -0.2) is 10.9 Å². The summed E-state index contributed by atoms with van der Waals surface area (Å²) in [6, 6.07) is 15.3. The average Bonchev–Trinajstić information content (AvgIpc) is 3.71. The third-order valence-corrected chi connectivity index (χ3v) is 7.89. The van der Waals surface area contributed by atoms with E-state index in [0.29, 0.717) is 5.92 Å². The zero-order valence-corrected chi connectivity index (χ0v) is 17.6. The molecular formula is C27H27FN2O. The van der Waals surface area contributed by atoms with E-state index >= 15 is 0 Å². The third kappa shape index (κ3) is 3.52. The maximum atomic E-state index is 13.8. The van der Waals surface area contributed by atoms with Crippen LogP contribution >= 0.6 is 0 Å². The molecule has 1 aromatic heterocycles. The first-order valence-corrected chi connectivity index (χ1v) is 11.6. The van der Waals surface area contributed by atoms with Crippen LogP contribution in [0.2, 0.25) is 0 Å². The first kappa shape index (κ1) is 19.0. The van der Waals surface area contributed by atoms with Gasteiger partial charge in [0.1, 0.15) is 5.82 Å². The number of benzene rings is 2. The number of nitrogens with one attached hydrogen (secondary N) is 1. The van der Waals surface area contributed by atoms with Gasteiger partial charge in [-0.05, 0) is 110 Å². The number of pyridine rings is 1. The van der Waals surface area contributed by atoms with Crippen molar-refractivity contribution in [3.05, 3.63) is 71.7 Å². The molecule has 0 bridgehead atoms. The molecule has 1 atom stereocenters. The lowest BCUT2D eigenvalue weighted by Gasteiger charge is -2.30. The van der Waals surface area contributed by atoms with Gasteiger partial charge in [-0.1, -0.05) is 12.1 Å². The fourth-order valence-electron chi connectivity index (χ4n) is 5.76. The summed E-state index contributed by atoms with van der Waals surface area (Å²) in [4.78, 5) is 17.3. The fourth-order valence-corrected chi connectivity index (χ4v) is 5.76. The van der Waals surface area contributed by atoms with Crippen molar-refractivity contribution in [2.24, 2.45) is 11.3 Å². The number of amides is 1. The van der Waals surface area contributed by atoms with E-state index in [1.807, 2.05) is 24.4 Å². The molecular weight excluding hydrogens is 387 g/mol. The second-order valence-corrected chi connectivity index (χ2v) is 9.84. The van der Waals surface area contributed by atoms with E-state index in [1.54, 1.807) is 12.1 Å². The van der Waals surface area contributed by atoms with E-state index in [0.717, 1.165) is 54.6 Å². The van der Waals surface area contributed by atoms with E-state index in [9.17, 15) is 9.18 Å². The molecule has 3 nitrogen and oxygen atoms in total. The number of aromatic nitrogens is 1. The molecule has 3 fully saturated rings. The summed E-state index contributed by atoms with van der Waals surface area (Å²) in [6.07, 6.45) is 9.65. The Morgan fingerprint density at radius 2 is 1.74 bits per heavy atom. The number of anilines is 1. The van der Waals surface area contributed by atoms with Crippen LogP contribution in [0.3, 0.4) is 0 Å². The standard InChI is InChI=1S/C27H27FN2O/c28-20-5-8-25-23(15-20)22(11-14-29-25)19-9-12-27(13-10-19)16-24(27)26(31)30-21-6-3-18(4-7-21)17-1-2-17/h3-8,11,14-15,17,19,24H,1-2,9-10,12-13,16H2,(H,30,31)/t19?,24-,27?/m1/s1. The third-order valence-electron chi connectivity index (χ3n) is 7.89. The predicted molar refractivity (Wildman–Crippen MR) is 120 cm³/mol. The number of halogens is 1. The summed E-state index contributed by atoms with van der Waals surface area (Å²) < 4.78 is 13.8. The molecule has 3 aliphatic carbocycles. The van der Waals surface area contributed by atoms with Gasteiger partial charge in [0.2, 0.25) is 5.91 Å². The second-order valence-electron chi connectivity index (χ2n) is 9.84. The van der Waals surface area contributed by atoms with Crippen LogP contribution in [0, 0.1) is 17.2 Å². The molecule has 3 saturated carbocycles. The van der Waals surface area contributed by atoms with E-state index < -0.39 is 0 Å². The second kappa shape index (κ2) is 7.15. The highest BCUT2D eigenvalue weighted by molar-refractivity contribution is 5.95. The molecule has 1 heterocycles. The van der Waals surface area contributed by atoms with Crippen molar-refractivity contribution < 1.29 is 9.18 Å². The summed E-state index contributed by atoms with van der Waals surface area (Å²) in [5.41, 5.74) is 4.54. The van der Waals surface area contributed by atoms with Crippen LogP contribution in [0.25, 0.3) is 10.9 Å². The van der Waals surface area contributed by atoms with E-state index in [-0.39, 0.29) is 23.1 Å². The summed E-state index contributed by atoms with van der Waals surface area (Å²) in [6.45, 7) is 0. The van der Waals surface area contributed by atoms with Crippen molar-refractivity contribution >= 4 is 22.5 Å². The van der Waals surface area contributed by atoms with Crippen LogP contribution in [-0.2, 0) is 4.79 Å². The Kier molecular flexibility index (Phi) is 4.38. The van der Waals surface area contributed by atoms with E-state index in [2.05, 4.69) is 22.4 Å². The van der Waals surface area contributed by atoms with Gasteiger partial charge < -0.3 is 5.32 Å². The minimum Gasteiger partial charge on any atom is -0.326 e. The van der Waals surface area contributed by atoms with Crippen molar-refractivity contribution in [2.45, 2.75) is 56.8 Å². The van der Waals surface area contributed by atoms with Crippen LogP contribution in [0.5, 0.6) is 0 Å². The van der Waals surface area contributed by atoms with Gasteiger partial charge in [-0.2, -0.15) is 0 Å². The topological polar surface area (TPSA) is 42.0 Å². The number of carbonyl (C=O) groups excluding carboxylic acids is 1. The monoisotopic (exact) mass is 414 g/mol. The van der Waals surface area contributed by atoms with Gasteiger partial charge in [-0.3, -0.25) is 9.78 Å². The van der Waals surface area contributed by atoms with E-state index in [4.69, 9.17) is 0 Å².